The van der Waals surface area contributed by atoms with Crippen LogP contribution in [0.3, 0.4) is 0 Å². The Morgan fingerprint density at radius 1 is 1.62 bits per heavy atom. The van der Waals surface area contributed by atoms with Gasteiger partial charge in [0.15, 0.2) is 0 Å². The SMILES string of the molecule is CC(COc1cccc(Cl)c1CO)C(N)=O. The van der Waals surface area contributed by atoms with Crippen LogP contribution in [0.5, 0.6) is 5.75 Å². The van der Waals surface area contributed by atoms with Gasteiger partial charge in [0.25, 0.3) is 0 Å². The summed E-state index contributed by atoms with van der Waals surface area (Å²) in [5, 5.41) is 9.55. The molecule has 0 aliphatic rings. The molecular weight excluding hydrogens is 230 g/mol. The van der Waals surface area contributed by atoms with Crippen molar-refractivity contribution in [2.75, 3.05) is 6.61 Å². The smallest absolute Gasteiger partial charge is 0.223 e. The largest absolute Gasteiger partial charge is 0.492 e. The van der Waals surface area contributed by atoms with Gasteiger partial charge in [-0.25, -0.2) is 0 Å². The van der Waals surface area contributed by atoms with Gasteiger partial charge in [0.1, 0.15) is 5.75 Å². The van der Waals surface area contributed by atoms with Gasteiger partial charge in [0.05, 0.1) is 19.1 Å². The minimum absolute atomic E-state index is 0.169. The fourth-order valence-electron chi connectivity index (χ4n) is 1.12. The molecule has 0 spiro atoms. The van der Waals surface area contributed by atoms with Gasteiger partial charge in [-0.3, -0.25) is 4.79 Å². The topological polar surface area (TPSA) is 72.6 Å². The van der Waals surface area contributed by atoms with Gasteiger partial charge in [-0.15, -0.1) is 0 Å². The average Bonchev–Trinajstić information content (AvgIpc) is 2.25. The third-order valence-corrected chi connectivity index (χ3v) is 2.56. The maximum atomic E-state index is 10.8. The quantitative estimate of drug-likeness (QED) is 0.820. The molecule has 0 aliphatic carbocycles. The van der Waals surface area contributed by atoms with Crippen LogP contribution in [0.15, 0.2) is 18.2 Å². The molecular formula is C11H14ClNO3. The predicted octanol–water partition coefficient (Wildman–Crippen LogP) is 1.33. The van der Waals surface area contributed by atoms with Crippen molar-refractivity contribution in [2.45, 2.75) is 13.5 Å². The first-order chi connectivity index (χ1) is 7.56. The zero-order chi connectivity index (χ0) is 12.1. The predicted molar refractivity (Wildman–Crippen MR) is 61.2 cm³/mol. The summed E-state index contributed by atoms with van der Waals surface area (Å²) in [5.74, 6) is -0.332. The fourth-order valence-corrected chi connectivity index (χ4v) is 1.35. The molecule has 88 valence electrons. The highest BCUT2D eigenvalue weighted by Crippen LogP contribution is 2.26. The first-order valence-electron chi connectivity index (χ1n) is 4.86. The molecule has 1 unspecified atom stereocenters. The van der Waals surface area contributed by atoms with E-state index in [4.69, 9.17) is 27.2 Å². The number of aliphatic hydroxyl groups is 1. The van der Waals surface area contributed by atoms with Crippen LogP contribution < -0.4 is 10.5 Å². The minimum atomic E-state index is -0.424. The van der Waals surface area contributed by atoms with Crippen LogP contribution >= 0.6 is 11.6 Å². The number of halogens is 1. The van der Waals surface area contributed by atoms with Crippen molar-refractivity contribution in [2.24, 2.45) is 11.7 Å². The summed E-state index contributed by atoms with van der Waals surface area (Å²) in [6.45, 7) is 1.63. The van der Waals surface area contributed by atoms with E-state index < -0.39 is 5.91 Å². The van der Waals surface area contributed by atoms with Crippen molar-refractivity contribution < 1.29 is 14.6 Å². The second kappa shape index (κ2) is 5.72. The molecule has 0 aromatic heterocycles. The summed E-state index contributed by atoms with van der Waals surface area (Å²) in [4.78, 5) is 10.8. The maximum Gasteiger partial charge on any atom is 0.223 e. The average molecular weight is 244 g/mol. The van der Waals surface area contributed by atoms with E-state index in [-0.39, 0.29) is 19.1 Å². The molecule has 1 rings (SSSR count). The molecule has 0 aliphatic heterocycles. The van der Waals surface area contributed by atoms with Gasteiger partial charge < -0.3 is 15.6 Å². The number of hydrogen-bond acceptors (Lipinski definition) is 3. The lowest BCUT2D eigenvalue weighted by Gasteiger charge is -2.13. The first kappa shape index (κ1) is 12.8. The monoisotopic (exact) mass is 243 g/mol. The van der Waals surface area contributed by atoms with Crippen LogP contribution in [-0.2, 0) is 11.4 Å². The summed E-state index contributed by atoms with van der Waals surface area (Å²) >= 11 is 5.88. The normalized spacial score (nSPS) is 12.2. The van der Waals surface area contributed by atoms with Gasteiger partial charge in [-0.05, 0) is 12.1 Å². The zero-order valence-electron chi connectivity index (χ0n) is 8.94. The highest BCUT2D eigenvalue weighted by Gasteiger charge is 2.12. The van der Waals surface area contributed by atoms with Crippen molar-refractivity contribution >= 4 is 17.5 Å². The standard InChI is InChI=1S/C11H14ClNO3/c1-7(11(13)15)6-16-10-4-2-3-9(12)8(10)5-14/h2-4,7,14H,5-6H2,1H3,(H2,13,15). The number of aliphatic hydroxyl groups excluding tert-OH is 1. The molecule has 5 heteroatoms. The van der Waals surface area contributed by atoms with E-state index in [2.05, 4.69) is 0 Å². The van der Waals surface area contributed by atoms with Crippen molar-refractivity contribution in [3.63, 3.8) is 0 Å². The van der Waals surface area contributed by atoms with Crippen LogP contribution in [-0.4, -0.2) is 17.6 Å². The molecule has 16 heavy (non-hydrogen) atoms. The lowest BCUT2D eigenvalue weighted by molar-refractivity contribution is -0.122. The van der Waals surface area contributed by atoms with Crippen LogP contribution in [0.2, 0.25) is 5.02 Å². The summed E-state index contributed by atoms with van der Waals surface area (Å²) in [6.07, 6.45) is 0. The zero-order valence-corrected chi connectivity index (χ0v) is 9.70. The minimum Gasteiger partial charge on any atom is -0.492 e. The Labute approximate surface area is 99.0 Å². The second-order valence-electron chi connectivity index (χ2n) is 3.49. The molecule has 0 bridgehead atoms. The van der Waals surface area contributed by atoms with Gasteiger partial charge in [-0.2, -0.15) is 0 Å². The number of rotatable bonds is 5. The molecule has 3 N–H and O–H groups in total. The number of hydrogen-bond donors (Lipinski definition) is 2. The van der Waals surface area contributed by atoms with E-state index in [0.29, 0.717) is 16.3 Å². The van der Waals surface area contributed by atoms with Crippen LogP contribution in [0.1, 0.15) is 12.5 Å². The molecule has 1 atom stereocenters. The molecule has 1 aromatic carbocycles. The third kappa shape index (κ3) is 3.12. The molecule has 4 nitrogen and oxygen atoms in total. The molecule has 0 heterocycles. The second-order valence-corrected chi connectivity index (χ2v) is 3.90. The summed E-state index contributed by atoms with van der Waals surface area (Å²) < 4.78 is 5.39. The number of benzene rings is 1. The number of amides is 1. The number of carbonyl (C=O) groups excluding carboxylic acids is 1. The third-order valence-electron chi connectivity index (χ3n) is 2.21. The van der Waals surface area contributed by atoms with E-state index >= 15 is 0 Å². The highest BCUT2D eigenvalue weighted by molar-refractivity contribution is 6.31. The number of carbonyl (C=O) groups is 1. The molecule has 0 fully saturated rings. The lowest BCUT2D eigenvalue weighted by atomic mass is 10.2. The molecule has 1 amide bonds. The molecule has 0 saturated carbocycles. The molecule has 0 saturated heterocycles. The van der Waals surface area contributed by atoms with E-state index in [1.165, 1.54) is 0 Å². The number of primary amides is 1. The Morgan fingerprint density at radius 3 is 2.88 bits per heavy atom. The van der Waals surface area contributed by atoms with Gasteiger partial charge in [0.2, 0.25) is 5.91 Å². The fraction of sp³-hybridized carbons (Fsp3) is 0.364. The van der Waals surface area contributed by atoms with Crippen molar-refractivity contribution in [3.8, 4) is 5.75 Å². The van der Waals surface area contributed by atoms with Crippen molar-refractivity contribution in [1.29, 1.82) is 0 Å². The van der Waals surface area contributed by atoms with Crippen LogP contribution in [0, 0.1) is 5.92 Å². The number of nitrogens with two attached hydrogens (primary N) is 1. The maximum absolute atomic E-state index is 10.8. The highest BCUT2D eigenvalue weighted by atomic mass is 35.5. The van der Waals surface area contributed by atoms with Gasteiger partial charge in [0, 0.05) is 10.6 Å². The van der Waals surface area contributed by atoms with Crippen LogP contribution in [0.25, 0.3) is 0 Å². The van der Waals surface area contributed by atoms with Crippen molar-refractivity contribution in [3.05, 3.63) is 28.8 Å². The summed E-state index contributed by atoms with van der Waals surface area (Å²) in [5.41, 5.74) is 5.62. The Morgan fingerprint density at radius 2 is 2.31 bits per heavy atom. The van der Waals surface area contributed by atoms with E-state index in [0.717, 1.165) is 0 Å². The molecule has 1 aromatic rings. The Balaban J connectivity index is 2.74. The van der Waals surface area contributed by atoms with E-state index in [1.807, 2.05) is 0 Å². The lowest BCUT2D eigenvalue weighted by Crippen LogP contribution is -2.26. The molecule has 0 radical (unpaired) electrons. The van der Waals surface area contributed by atoms with Crippen LogP contribution in [0.4, 0.5) is 0 Å². The Hall–Kier alpha value is -1.26. The van der Waals surface area contributed by atoms with E-state index in [1.54, 1.807) is 25.1 Å². The summed E-state index contributed by atoms with van der Waals surface area (Å²) in [6, 6.07) is 5.06. The number of ether oxygens (including phenoxy) is 1. The Kier molecular flexibility index (Phi) is 4.58. The first-order valence-corrected chi connectivity index (χ1v) is 5.24. The van der Waals surface area contributed by atoms with E-state index in [9.17, 15) is 4.79 Å². The summed E-state index contributed by atoms with van der Waals surface area (Å²) in [7, 11) is 0. The Bertz CT molecular complexity index is 381. The van der Waals surface area contributed by atoms with Gasteiger partial charge >= 0.3 is 0 Å². The van der Waals surface area contributed by atoms with Gasteiger partial charge in [-0.1, -0.05) is 24.6 Å². The van der Waals surface area contributed by atoms with Crippen molar-refractivity contribution in [1.82, 2.24) is 0 Å².